The fraction of sp³-hybridized carbons (Fsp3) is 0.143. The Morgan fingerprint density at radius 3 is 2.61 bits per heavy atom. The van der Waals surface area contributed by atoms with Crippen molar-refractivity contribution in [1.82, 2.24) is 4.98 Å². The van der Waals surface area contributed by atoms with Crippen LogP contribution in [-0.4, -0.2) is 22.1 Å². The van der Waals surface area contributed by atoms with Gasteiger partial charge in [-0.2, -0.15) is 0 Å². The van der Waals surface area contributed by atoms with Crippen molar-refractivity contribution in [3.63, 3.8) is 0 Å². The molecule has 0 unspecified atom stereocenters. The highest BCUT2D eigenvalue weighted by molar-refractivity contribution is 5.73. The Bertz CT molecular complexity index is 541. The summed E-state index contributed by atoms with van der Waals surface area (Å²) >= 11 is 0. The van der Waals surface area contributed by atoms with Gasteiger partial charge in [-0.1, -0.05) is 30.3 Å². The maximum Gasteiger partial charge on any atom is 0.320 e. The molecule has 1 heterocycles. The van der Waals surface area contributed by atoms with Gasteiger partial charge in [-0.25, -0.2) is 0 Å². The van der Waals surface area contributed by atoms with E-state index in [9.17, 15) is 4.79 Å². The van der Waals surface area contributed by atoms with Gasteiger partial charge >= 0.3 is 5.97 Å². The van der Waals surface area contributed by atoms with Gasteiger partial charge in [-0.15, -0.1) is 0 Å². The summed E-state index contributed by atoms with van der Waals surface area (Å²) in [6.45, 7) is 0. The predicted octanol–water partition coefficient (Wildman–Crippen LogP) is 1.70. The van der Waals surface area contributed by atoms with Gasteiger partial charge in [0.1, 0.15) is 6.04 Å². The van der Waals surface area contributed by atoms with E-state index in [-0.39, 0.29) is 6.42 Å². The Balaban J connectivity index is 2.23. The molecule has 0 aliphatic heterocycles. The van der Waals surface area contributed by atoms with Crippen molar-refractivity contribution in [2.75, 3.05) is 0 Å². The van der Waals surface area contributed by atoms with Crippen molar-refractivity contribution in [3.05, 3.63) is 54.4 Å². The topological polar surface area (TPSA) is 76.2 Å². The molecule has 0 saturated heterocycles. The molecule has 4 nitrogen and oxygen atoms in total. The van der Waals surface area contributed by atoms with E-state index < -0.39 is 12.0 Å². The van der Waals surface area contributed by atoms with Crippen LogP contribution in [0.3, 0.4) is 0 Å². The van der Waals surface area contributed by atoms with E-state index >= 15 is 0 Å². The Morgan fingerprint density at radius 1 is 1.22 bits per heavy atom. The smallest absolute Gasteiger partial charge is 0.320 e. The van der Waals surface area contributed by atoms with E-state index in [1.54, 1.807) is 12.4 Å². The number of aromatic nitrogens is 1. The number of pyridine rings is 1. The molecular formula is C14H14N2O2. The summed E-state index contributed by atoms with van der Waals surface area (Å²) in [5.74, 6) is -1.000. The van der Waals surface area contributed by atoms with Gasteiger partial charge < -0.3 is 10.8 Å². The number of carboxylic acid groups (broad SMARTS) is 1. The van der Waals surface area contributed by atoms with Crippen LogP contribution in [0.15, 0.2) is 48.8 Å². The van der Waals surface area contributed by atoms with E-state index in [0.717, 1.165) is 16.7 Å². The van der Waals surface area contributed by atoms with E-state index in [4.69, 9.17) is 10.8 Å². The molecule has 2 rings (SSSR count). The van der Waals surface area contributed by atoms with Crippen LogP contribution in [0.1, 0.15) is 5.56 Å². The molecule has 0 fully saturated rings. The standard InChI is InChI=1S/C14H14N2O2/c15-13(14(17)18)7-10-6-12(9-16-8-10)11-4-2-1-3-5-11/h1-6,8-9,13H,7,15H2,(H,17,18)/t13-/m0/s1. The molecule has 0 spiro atoms. The summed E-state index contributed by atoms with van der Waals surface area (Å²) in [6.07, 6.45) is 3.68. The van der Waals surface area contributed by atoms with Gasteiger partial charge in [-0.3, -0.25) is 9.78 Å². The molecule has 92 valence electrons. The van der Waals surface area contributed by atoms with Gasteiger partial charge in [-0.05, 0) is 23.6 Å². The molecule has 4 heteroatoms. The molecule has 1 atom stereocenters. The molecule has 0 saturated carbocycles. The van der Waals surface area contributed by atoms with Gasteiger partial charge in [0.2, 0.25) is 0 Å². The Kier molecular flexibility index (Phi) is 3.69. The number of benzene rings is 1. The van der Waals surface area contributed by atoms with Gasteiger partial charge in [0, 0.05) is 18.0 Å². The minimum Gasteiger partial charge on any atom is -0.480 e. The number of nitrogens with zero attached hydrogens (tertiary/aromatic N) is 1. The lowest BCUT2D eigenvalue weighted by Crippen LogP contribution is -2.32. The first kappa shape index (κ1) is 12.3. The van der Waals surface area contributed by atoms with Gasteiger partial charge in [0.05, 0.1) is 0 Å². The van der Waals surface area contributed by atoms with E-state index in [1.807, 2.05) is 36.4 Å². The molecule has 0 radical (unpaired) electrons. The molecule has 0 aliphatic rings. The lowest BCUT2D eigenvalue weighted by Gasteiger charge is -2.07. The van der Waals surface area contributed by atoms with E-state index in [0.29, 0.717) is 0 Å². The number of hydrogen-bond donors (Lipinski definition) is 2. The Hall–Kier alpha value is -2.20. The van der Waals surface area contributed by atoms with Crippen molar-refractivity contribution in [1.29, 1.82) is 0 Å². The van der Waals surface area contributed by atoms with Crippen LogP contribution >= 0.6 is 0 Å². The maximum absolute atomic E-state index is 10.7. The average Bonchev–Trinajstić information content (AvgIpc) is 2.40. The second kappa shape index (κ2) is 5.42. The summed E-state index contributed by atoms with van der Waals surface area (Å²) in [6, 6.07) is 10.8. The number of carboxylic acids is 1. The van der Waals surface area contributed by atoms with Crippen LogP contribution in [-0.2, 0) is 11.2 Å². The molecule has 3 N–H and O–H groups in total. The van der Waals surface area contributed by atoms with E-state index in [1.165, 1.54) is 0 Å². The number of carbonyl (C=O) groups is 1. The molecule has 0 bridgehead atoms. The summed E-state index contributed by atoms with van der Waals surface area (Å²) in [5, 5.41) is 8.78. The minimum absolute atomic E-state index is 0.281. The third-order valence-corrected chi connectivity index (χ3v) is 2.67. The molecule has 0 amide bonds. The monoisotopic (exact) mass is 242 g/mol. The number of rotatable bonds is 4. The second-order valence-corrected chi connectivity index (χ2v) is 4.10. The highest BCUT2D eigenvalue weighted by Crippen LogP contribution is 2.19. The van der Waals surface area contributed by atoms with Crippen LogP contribution in [0.4, 0.5) is 0 Å². The molecule has 1 aromatic carbocycles. The summed E-state index contributed by atoms with van der Waals surface area (Å²) in [4.78, 5) is 14.8. The lowest BCUT2D eigenvalue weighted by atomic mass is 10.0. The Morgan fingerprint density at radius 2 is 1.94 bits per heavy atom. The summed E-state index contributed by atoms with van der Waals surface area (Å²) in [7, 11) is 0. The van der Waals surface area contributed by atoms with Crippen LogP contribution in [0.25, 0.3) is 11.1 Å². The fourth-order valence-corrected chi connectivity index (χ4v) is 1.73. The van der Waals surface area contributed by atoms with Crippen LogP contribution in [0, 0.1) is 0 Å². The first-order valence-electron chi connectivity index (χ1n) is 5.64. The Labute approximate surface area is 105 Å². The highest BCUT2D eigenvalue weighted by atomic mass is 16.4. The molecule has 2 aromatic rings. The van der Waals surface area contributed by atoms with Crippen molar-refractivity contribution in [2.24, 2.45) is 5.73 Å². The molecular weight excluding hydrogens is 228 g/mol. The quantitative estimate of drug-likeness (QED) is 0.855. The normalized spacial score (nSPS) is 12.1. The van der Waals surface area contributed by atoms with Gasteiger partial charge in [0.25, 0.3) is 0 Å². The van der Waals surface area contributed by atoms with Gasteiger partial charge in [0.15, 0.2) is 0 Å². The highest BCUT2D eigenvalue weighted by Gasteiger charge is 2.12. The first-order chi connectivity index (χ1) is 8.66. The fourth-order valence-electron chi connectivity index (χ4n) is 1.73. The van der Waals surface area contributed by atoms with Crippen LogP contribution in [0.2, 0.25) is 0 Å². The first-order valence-corrected chi connectivity index (χ1v) is 5.64. The number of nitrogens with two attached hydrogens (primary N) is 1. The number of hydrogen-bond acceptors (Lipinski definition) is 3. The zero-order valence-electron chi connectivity index (χ0n) is 9.78. The minimum atomic E-state index is -1.000. The largest absolute Gasteiger partial charge is 0.480 e. The van der Waals surface area contributed by atoms with Crippen LogP contribution < -0.4 is 5.73 Å². The molecule has 0 aliphatic carbocycles. The van der Waals surface area contributed by atoms with Crippen LogP contribution in [0.5, 0.6) is 0 Å². The predicted molar refractivity (Wildman–Crippen MR) is 69.0 cm³/mol. The zero-order valence-corrected chi connectivity index (χ0v) is 9.78. The second-order valence-electron chi connectivity index (χ2n) is 4.10. The molecule has 1 aromatic heterocycles. The third kappa shape index (κ3) is 2.93. The summed E-state index contributed by atoms with van der Waals surface area (Å²) in [5.41, 5.74) is 8.35. The third-order valence-electron chi connectivity index (χ3n) is 2.67. The summed E-state index contributed by atoms with van der Waals surface area (Å²) < 4.78 is 0. The van der Waals surface area contributed by atoms with E-state index in [2.05, 4.69) is 4.98 Å². The zero-order chi connectivity index (χ0) is 13.0. The average molecular weight is 242 g/mol. The van der Waals surface area contributed by atoms with Crippen molar-refractivity contribution < 1.29 is 9.90 Å². The molecule has 18 heavy (non-hydrogen) atoms. The SMILES string of the molecule is N[C@@H](Cc1cncc(-c2ccccc2)c1)C(=O)O. The number of aliphatic carboxylic acids is 1. The lowest BCUT2D eigenvalue weighted by molar-refractivity contribution is -0.138. The van der Waals surface area contributed by atoms with Crippen molar-refractivity contribution in [2.45, 2.75) is 12.5 Å². The maximum atomic E-state index is 10.7. The van der Waals surface area contributed by atoms with Crippen molar-refractivity contribution in [3.8, 4) is 11.1 Å². The van der Waals surface area contributed by atoms with Crippen molar-refractivity contribution >= 4 is 5.97 Å².